The lowest BCUT2D eigenvalue weighted by Crippen LogP contribution is -2.34. The molecule has 1 aromatic heterocycles. The van der Waals surface area contributed by atoms with Gasteiger partial charge in [0, 0.05) is 40.8 Å². The molecule has 0 spiro atoms. The third kappa shape index (κ3) is 3.71. The minimum Gasteiger partial charge on any atom is -0.358 e. The highest BCUT2D eigenvalue weighted by Crippen LogP contribution is 2.22. The van der Waals surface area contributed by atoms with E-state index in [2.05, 4.69) is 15.6 Å². The van der Waals surface area contributed by atoms with E-state index in [1.165, 1.54) is 0 Å². The number of hydrogen-bond donors (Lipinski definition) is 3. The predicted octanol–water partition coefficient (Wildman–Crippen LogP) is 2.94. The molecular weight excluding hydrogens is 314 g/mol. The van der Waals surface area contributed by atoms with E-state index in [1.807, 2.05) is 44.2 Å². The average Bonchev–Trinajstić information content (AvgIpc) is 2.93. The Morgan fingerprint density at radius 2 is 1.52 bits per heavy atom. The zero-order valence-corrected chi connectivity index (χ0v) is 14.3. The Morgan fingerprint density at radius 1 is 0.880 bits per heavy atom. The summed E-state index contributed by atoms with van der Waals surface area (Å²) in [4.78, 5) is 27.5. The maximum Gasteiger partial charge on any atom is 0.251 e. The fraction of sp³-hybridized carbons (Fsp3) is 0.200. The summed E-state index contributed by atoms with van der Waals surface area (Å²) in [5, 5.41) is 6.68. The highest BCUT2D eigenvalue weighted by molar-refractivity contribution is 5.99. The van der Waals surface area contributed by atoms with Crippen molar-refractivity contribution in [2.24, 2.45) is 0 Å². The van der Waals surface area contributed by atoms with E-state index in [0.717, 1.165) is 22.2 Å². The first kappa shape index (κ1) is 16.8. The van der Waals surface area contributed by atoms with E-state index in [0.29, 0.717) is 24.2 Å². The molecule has 0 unspecified atom stereocenters. The van der Waals surface area contributed by atoms with Gasteiger partial charge in [-0.25, -0.2) is 0 Å². The molecule has 0 aliphatic carbocycles. The molecule has 25 heavy (non-hydrogen) atoms. The number of aryl methyl sites for hydroxylation is 2. The molecule has 0 aliphatic rings. The van der Waals surface area contributed by atoms with Crippen molar-refractivity contribution in [2.45, 2.75) is 13.8 Å². The molecule has 5 heteroatoms. The highest BCUT2D eigenvalue weighted by Gasteiger charge is 2.10. The quantitative estimate of drug-likeness (QED) is 0.627. The highest BCUT2D eigenvalue weighted by atomic mass is 16.2. The predicted molar refractivity (Wildman–Crippen MR) is 98.9 cm³/mol. The summed E-state index contributed by atoms with van der Waals surface area (Å²) in [6, 6.07) is 14.6. The third-order valence-electron chi connectivity index (χ3n) is 4.30. The number of benzene rings is 2. The van der Waals surface area contributed by atoms with E-state index < -0.39 is 0 Å². The van der Waals surface area contributed by atoms with Crippen LogP contribution in [0.3, 0.4) is 0 Å². The second-order valence-electron chi connectivity index (χ2n) is 6.01. The van der Waals surface area contributed by atoms with Gasteiger partial charge in [-0.3, -0.25) is 9.59 Å². The summed E-state index contributed by atoms with van der Waals surface area (Å²) in [6.45, 7) is 4.81. The molecule has 2 aromatic carbocycles. The van der Waals surface area contributed by atoms with Crippen LogP contribution in [0.4, 0.5) is 0 Å². The minimum absolute atomic E-state index is 0.144. The molecule has 3 N–H and O–H groups in total. The molecule has 0 radical (unpaired) electrons. The first-order valence-electron chi connectivity index (χ1n) is 8.26. The SMILES string of the molecule is Cc1[nH]c2ccc(C(=O)NCCNC(=O)c3ccccc3)cc2c1C. The van der Waals surface area contributed by atoms with Crippen LogP contribution in [0.2, 0.25) is 0 Å². The molecule has 2 amide bonds. The number of rotatable bonds is 5. The fourth-order valence-electron chi connectivity index (χ4n) is 2.75. The summed E-state index contributed by atoms with van der Waals surface area (Å²) in [5.41, 5.74) is 4.51. The van der Waals surface area contributed by atoms with Crippen LogP contribution in [0, 0.1) is 13.8 Å². The lowest BCUT2D eigenvalue weighted by molar-refractivity contribution is 0.0928. The molecular formula is C20H21N3O2. The van der Waals surface area contributed by atoms with Crippen molar-refractivity contribution in [1.82, 2.24) is 15.6 Å². The van der Waals surface area contributed by atoms with E-state index in [1.54, 1.807) is 18.2 Å². The normalized spacial score (nSPS) is 10.6. The average molecular weight is 335 g/mol. The number of fused-ring (bicyclic) bond motifs is 1. The number of hydrogen-bond acceptors (Lipinski definition) is 2. The molecule has 0 aliphatic heterocycles. The second kappa shape index (κ2) is 7.21. The van der Waals surface area contributed by atoms with E-state index in [4.69, 9.17) is 0 Å². The Bertz CT molecular complexity index is 913. The summed E-state index contributed by atoms with van der Waals surface area (Å²) in [5.74, 6) is -0.288. The third-order valence-corrected chi connectivity index (χ3v) is 4.30. The Morgan fingerprint density at radius 3 is 2.20 bits per heavy atom. The first-order valence-corrected chi connectivity index (χ1v) is 8.26. The van der Waals surface area contributed by atoms with Gasteiger partial charge in [0.25, 0.3) is 11.8 Å². The number of carbonyl (C=O) groups is 2. The van der Waals surface area contributed by atoms with Gasteiger partial charge in [-0.1, -0.05) is 18.2 Å². The summed E-state index contributed by atoms with van der Waals surface area (Å²) < 4.78 is 0. The van der Waals surface area contributed by atoms with Crippen LogP contribution in [0.1, 0.15) is 32.0 Å². The Hall–Kier alpha value is -3.08. The molecule has 1 heterocycles. The smallest absolute Gasteiger partial charge is 0.251 e. The van der Waals surface area contributed by atoms with E-state index in [-0.39, 0.29) is 11.8 Å². The number of amides is 2. The monoisotopic (exact) mass is 335 g/mol. The zero-order valence-electron chi connectivity index (χ0n) is 14.3. The van der Waals surface area contributed by atoms with Crippen LogP contribution in [0.15, 0.2) is 48.5 Å². The van der Waals surface area contributed by atoms with Gasteiger partial charge in [-0.15, -0.1) is 0 Å². The van der Waals surface area contributed by atoms with Crippen molar-refractivity contribution in [3.05, 3.63) is 70.9 Å². The molecule has 0 atom stereocenters. The molecule has 0 bridgehead atoms. The van der Waals surface area contributed by atoms with Crippen LogP contribution in [0.5, 0.6) is 0 Å². The second-order valence-corrected chi connectivity index (χ2v) is 6.01. The van der Waals surface area contributed by atoms with Gasteiger partial charge in [0.2, 0.25) is 0 Å². The lowest BCUT2D eigenvalue weighted by atomic mass is 10.1. The van der Waals surface area contributed by atoms with Crippen molar-refractivity contribution in [3.63, 3.8) is 0 Å². The van der Waals surface area contributed by atoms with Gasteiger partial charge in [-0.2, -0.15) is 0 Å². The Labute approximate surface area is 146 Å². The molecule has 0 saturated carbocycles. The minimum atomic E-state index is -0.144. The van der Waals surface area contributed by atoms with Gasteiger partial charge in [-0.05, 0) is 49.7 Å². The van der Waals surface area contributed by atoms with Crippen molar-refractivity contribution < 1.29 is 9.59 Å². The van der Waals surface area contributed by atoms with Crippen molar-refractivity contribution in [2.75, 3.05) is 13.1 Å². The van der Waals surface area contributed by atoms with E-state index in [9.17, 15) is 9.59 Å². The van der Waals surface area contributed by atoms with Crippen LogP contribution in [-0.4, -0.2) is 29.9 Å². The van der Waals surface area contributed by atoms with Gasteiger partial charge in [0.1, 0.15) is 0 Å². The van der Waals surface area contributed by atoms with Crippen LogP contribution in [0.25, 0.3) is 10.9 Å². The number of nitrogens with one attached hydrogen (secondary N) is 3. The summed E-state index contributed by atoms with van der Waals surface area (Å²) >= 11 is 0. The lowest BCUT2D eigenvalue weighted by Gasteiger charge is -2.07. The van der Waals surface area contributed by atoms with Gasteiger partial charge in [0.15, 0.2) is 0 Å². The number of aromatic nitrogens is 1. The Kier molecular flexibility index (Phi) is 4.84. The topological polar surface area (TPSA) is 74.0 Å². The Balaban J connectivity index is 1.54. The molecule has 3 rings (SSSR count). The summed E-state index contributed by atoms with van der Waals surface area (Å²) in [7, 11) is 0. The number of carbonyl (C=O) groups excluding carboxylic acids is 2. The summed E-state index contributed by atoms with van der Waals surface area (Å²) in [6.07, 6.45) is 0. The van der Waals surface area contributed by atoms with Crippen LogP contribution >= 0.6 is 0 Å². The fourth-order valence-corrected chi connectivity index (χ4v) is 2.75. The van der Waals surface area contributed by atoms with Crippen LogP contribution < -0.4 is 10.6 Å². The molecule has 128 valence electrons. The first-order chi connectivity index (χ1) is 12.1. The van der Waals surface area contributed by atoms with Gasteiger partial charge < -0.3 is 15.6 Å². The molecule has 0 fully saturated rings. The largest absolute Gasteiger partial charge is 0.358 e. The van der Waals surface area contributed by atoms with Crippen molar-refractivity contribution >= 4 is 22.7 Å². The van der Waals surface area contributed by atoms with Crippen molar-refractivity contribution in [3.8, 4) is 0 Å². The van der Waals surface area contributed by atoms with Crippen molar-refractivity contribution in [1.29, 1.82) is 0 Å². The van der Waals surface area contributed by atoms with E-state index >= 15 is 0 Å². The number of aromatic amines is 1. The molecule has 0 saturated heterocycles. The maximum atomic E-state index is 12.3. The standard InChI is InChI=1S/C20H21N3O2/c1-13-14(2)23-18-9-8-16(12-17(13)18)20(25)22-11-10-21-19(24)15-6-4-3-5-7-15/h3-9,12,23H,10-11H2,1-2H3,(H,21,24)(H,22,25). The number of H-pyrrole nitrogens is 1. The molecule has 3 aromatic rings. The molecule has 5 nitrogen and oxygen atoms in total. The maximum absolute atomic E-state index is 12.3. The van der Waals surface area contributed by atoms with Gasteiger partial charge >= 0.3 is 0 Å². The van der Waals surface area contributed by atoms with Gasteiger partial charge in [0.05, 0.1) is 0 Å². The van der Waals surface area contributed by atoms with Crippen LogP contribution in [-0.2, 0) is 0 Å². The zero-order chi connectivity index (χ0) is 17.8.